The first kappa shape index (κ1) is 17.2. The average Bonchev–Trinajstić information content (AvgIpc) is 3.25. The minimum Gasteiger partial charge on any atom is -0.550 e. The van der Waals surface area contributed by atoms with Crippen LogP contribution in [0.25, 0.3) is 0 Å². The van der Waals surface area contributed by atoms with E-state index < -0.39 is 5.97 Å². The van der Waals surface area contributed by atoms with Crippen LogP contribution in [-0.2, 0) is 17.6 Å². The van der Waals surface area contributed by atoms with Crippen molar-refractivity contribution in [3.63, 3.8) is 0 Å². The summed E-state index contributed by atoms with van der Waals surface area (Å²) in [5, 5.41) is 12.7. The van der Waals surface area contributed by atoms with Gasteiger partial charge < -0.3 is 19.5 Å². The fourth-order valence-electron chi connectivity index (χ4n) is 4.50. The van der Waals surface area contributed by atoms with E-state index in [0.717, 1.165) is 60.4 Å². The lowest BCUT2D eigenvalue weighted by Crippen LogP contribution is -2.30. The monoisotopic (exact) mass is 377 g/mol. The van der Waals surface area contributed by atoms with Gasteiger partial charge in [0.05, 0.1) is 6.07 Å². The smallest absolute Gasteiger partial charge is 0.207 e. The molecule has 2 aromatic rings. The van der Waals surface area contributed by atoms with Gasteiger partial charge in [0.15, 0.2) is 11.5 Å². The summed E-state index contributed by atoms with van der Waals surface area (Å²) in [6.07, 6.45) is 2.69. The highest BCUT2D eigenvalue weighted by Gasteiger charge is 2.25. The number of likely N-dealkylation sites (N-methyl/N-ethyl adjacent to an activating group) is 1. The SMILES string of the molecule is CCN1CCc2cc3c(cc21)Oc1cc2c(cc1=N3)CC[N+]=2CCCC(=O)[O-]. The summed E-state index contributed by atoms with van der Waals surface area (Å²) in [4.78, 5) is 17.9. The van der Waals surface area contributed by atoms with Gasteiger partial charge in [0.1, 0.15) is 24.1 Å². The van der Waals surface area contributed by atoms with Crippen molar-refractivity contribution in [1.29, 1.82) is 0 Å². The summed E-state index contributed by atoms with van der Waals surface area (Å²) in [6.45, 7) is 5.84. The topological polar surface area (TPSA) is 68.0 Å². The molecule has 28 heavy (non-hydrogen) atoms. The molecule has 0 N–H and O–H groups in total. The highest BCUT2D eigenvalue weighted by Crippen LogP contribution is 2.41. The minimum atomic E-state index is -0.989. The first-order valence-electron chi connectivity index (χ1n) is 10.1. The maximum absolute atomic E-state index is 10.7. The van der Waals surface area contributed by atoms with Gasteiger partial charge in [0.25, 0.3) is 0 Å². The molecule has 0 saturated heterocycles. The highest BCUT2D eigenvalue weighted by molar-refractivity contribution is 5.70. The van der Waals surface area contributed by atoms with Crippen LogP contribution in [0, 0.1) is 0 Å². The number of ether oxygens (including phenoxy) is 1. The molecule has 5 rings (SSSR count). The molecule has 6 heteroatoms. The molecule has 0 radical (unpaired) electrons. The van der Waals surface area contributed by atoms with Gasteiger partial charge in [0.2, 0.25) is 5.36 Å². The molecule has 0 aromatic heterocycles. The van der Waals surface area contributed by atoms with Crippen LogP contribution in [-0.4, -0.2) is 32.1 Å². The molecular formula is C22H23N3O3. The zero-order valence-corrected chi connectivity index (χ0v) is 16.0. The van der Waals surface area contributed by atoms with Gasteiger partial charge in [-0.25, -0.2) is 9.57 Å². The molecule has 3 aliphatic rings. The van der Waals surface area contributed by atoms with Gasteiger partial charge in [-0.05, 0) is 37.5 Å². The molecule has 0 aliphatic carbocycles. The Hall–Kier alpha value is -2.89. The Labute approximate surface area is 163 Å². The molecule has 0 saturated carbocycles. The zero-order valence-electron chi connectivity index (χ0n) is 16.0. The van der Waals surface area contributed by atoms with Crippen LogP contribution in [0.5, 0.6) is 11.5 Å². The number of benzene rings is 2. The van der Waals surface area contributed by atoms with Crippen molar-refractivity contribution < 1.29 is 14.6 Å². The van der Waals surface area contributed by atoms with Crippen LogP contribution in [0.4, 0.5) is 11.4 Å². The van der Waals surface area contributed by atoms with Crippen molar-refractivity contribution in [1.82, 2.24) is 4.58 Å². The van der Waals surface area contributed by atoms with Crippen molar-refractivity contribution >= 4 is 17.3 Å². The first-order chi connectivity index (χ1) is 13.6. The lowest BCUT2D eigenvalue weighted by atomic mass is 10.1. The Morgan fingerprint density at radius 3 is 2.93 bits per heavy atom. The number of anilines is 1. The molecule has 144 valence electrons. The number of nitrogens with zero attached hydrogens (tertiary/aromatic N) is 3. The van der Waals surface area contributed by atoms with E-state index in [1.54, 1.807) is 0 Å². The number of hydrogen-bond acceptors (Lipinski definition) is 5. The first-order valence-corrected chi connectivity index (χ1v) is 10.1. The fourth-order valence-corrected chi connectivity index (χ4v) is 4.50. The van der Waals surface area contributed by atoms with E-state index in [1.165, 1.54) is 16.8 Å². The second-order valence-corrected chi connectivity index (χ2v) is 7.65. The number of carboxylic acids is 1. The summed E-state index contributed by atoms with van der Waals surface area (Å²) in [5.74, 6) is 0.601. The third kappa shape index (κ3) is 2.84. The maximum Gasteiger partial charge on any atom is 0.207 e. The van der Waals surface area contributed by atoms with Crippen molar-refractivity contribution in [3.8, 4) is 11.5 Å². The summed E-state index contributed by atoms with van der Waals surface area (Å²) < 4.78 is 8.50. The quantitative estimate of drug-likeness (QED) is 0.614. The molecule has 3 heterocycles. The number of carboxylic acid groups (broad SMARTS) is 1. The van der Waals surface area contributed by atoms with E-state index >= 15 is 0 Å². The van der Waals surface area contributed by atoms with Crippen LogP contribution in [0.2, 0.25) is 0 Å². The maximum atomic E-state index is 10.7. The average molecular weight is 377 g/mol. The second-order valence-electron chi connectivity index (χ2n) is 7.65. The van der Waals surface area contributed by atoms with Crippen molar-refractivity contribution in [3.05, 3.63) is 46.1 Å². The molecular weight excluding hydrogens is 354 g/mol. The fraction of sp³-hybridized carbons (Fsp3) is 0.409. The summed E-state index contributed by atoms with van der Waals surface area (Å²) >= 11 is 0. The van der Waals surface area contributed by atoms with E-state index in [1.807, 2.05) is 0 Å². The van der Waals surface area contributed by atoms with Gasteiger partial charge in [-0.2, -0.15) is 0 Å². The summed E-state index contributed by atoms with van der Waals surface area (Å²) in [7, 11) is 0. The van der Waals surface area contributed by atoms with Crippen LogP contribution < -0.4 is 30.0 Å². The number of carbonyl (C=O) groups excluding carboxylic acids is 1. The van der Waals surface area contributed by atoms with Crippen LogP contribution in [0.1, 0.15) is 30.9 Å². The third-order valence-electron chi connectivity index (χ3n) is 5.96. The number of aliphatic carboxylic acids is 1. The Morgan fingerprint density at radius 2 is 2.11 bits per heavy atom. The van der Waals surface area contributed by atoms with Crippen molar-refractivity contribution in [2.45, 2.75) is 32.6 Å². The molecule has 3 aliphatic heterocycles. The predicted octanol–water partition coefficient (Wildman–Crippen LogP) is 0.703. The molecule has 6 nitrogen and oxygen atoms in total. The Kier molecular flexibility index (Phi) is 4.07. The Morgan fingerprint density at radius 1 is 1.21 bits per heavy atom. The lowest BCUT2D eigenvalue weighted by Gasteiger charge is -2.20. The van der Waals surface area contributed by atoms with Crippen molar-refractivity contribution in [2.24, 2.45) is 4.99 Å². The normalized spacial score (nSPS) is 16.0. The van der Waals surface area contributed by atoms with Crippen LogP contribution >= 0.6 is 0 Å². The van der Waals surface area contributed by atoms with Crippen LogP contribution in [0.15, 0.2) is 29.3 Å². The van der Waals surface area contributed by atoms with Gasteiger partial charge in [0, 0.05) is 49.2 Å². The molecule has 0 unspecified atom stereocenters. The van der Waals surface area contributed by atoms with Crippen molar-refractivity contribution in [2.75, 3.05) is 31.1 Å². The molecule has 0 atom stereocenters. The molecule has 0 amide bonds. The van der Waals surface area contributed by atoms with E-state index in [0.29, 0.717) is 13.0 Å². The molecule has 0 fully saturated rings. The van der Waals surface area contributed by atoms with Crippen LogP contribution in [0.3, 0.4) is 0 Å². The number of carbonyl (C=O) groups is 1. The largest absolute Gasteiger partial charge is 0.550 e. The Balaban J connectivity index is 1.53. The summed E-state index contributed by atoms with van der Waals surface area (Å²) in [5.41, 5.74) is 4.76. The van der Waals surface area contributed by atoms with E-state index in [4.69, 9.17) is 9.73 Å². The number of hydrogen-bond donors (Lipinski definition) is 0. The van der Waals surface area contributed by atoms with Gasteiger partial charge >= 0.3 is 0 Å². The van der Waals surface area contributed by atoms with Gasteiger partial charge in [-0.3, -0.25) is 0 Å². The predicted molar refractivity (Wildman–Crippen MR) is 104 cm³/mol. The number of rotatable bonds is 5. The second kappa shape index (κ2) is 6.62. The molecule has 0 bridgehead atoms. The minimum absolute atomic E-state index is 0.0923. The lowest BCUT2D eigenvalue weighted by molar-refractivity contribution is -0.305. The third-order valence-corrected chi connectivity index (χ3v) is 5.96. The molecule has 2 aromatic carbocycles. The standard InChI is InChI=1S/C22H23N3O3/c1-2-24-8-5-14-10-16-20(12-18(14)24)28-21-13-19-15(11-17(21)23-16)6-9-25(19)7-3-4-22(26)27/h10-13H,2-9H2,1H3. The Bertz CT molecular complexity index is 1110. The summed E-state index contributed by atoms with van der Waals surface area (Å²) in [6, 6.07) is 8.48. The molecule has 0 spiro atoms. The van der Waals surface area contributed by atoms with Gasteiger partial charge in [-0.15, -0.1) is 0 Å². The van der Waals surface area contributed by atoms with Gasteiger partial charge in [-0.1, -0.05) is 0 Å². The van der Waals surface area contributed by atoms with E-state index in [-0.39, 0.29) is 6.42 Å². The van der Waals surface area contributed by atoms with E-state index in [9.17, 15) is 9.90 Å². The van der Waals surface area contributed by atoms with E-state index in [2.05, 4.69) is 40.7 Å². The highest BCUT2D eigenvalue weighted by atomic mass is 16.5. The zero-order chi connectivity index (χ0) is 19.3. The number of fused-ring (bicyclic) bond motifs is 4.